The van der Waals surface area contributed by atoms with E-state index in [4.69, 9.17) is 0 Å². The smallest absolute Gasteiger partial charge is 0.256 e. The van der Waals surface area contributed by atoms with Crippen molar-refractivity contribution in [3.05, 3.63) is 52.1 Å². The van der Waals surface area contributed by atoms with Gasteiger partial charge in [-0.2, -0.15) is 0 Å². The van der Waals surface area contributed by atoms with E-state index in [0.717, 1.165) is 37.2 Å². The third-order valence-corrected chi connectivity index (χ3v) is 6.23. The number of carbonyl (C=O) groups excluding carboxylic acids is 2. The molecule has 158 valence electrons. The van der Waals surface area contributed by atoms with Crippen LogP contribution in [0.25, 0.3) is 11.6 Å². The third kappa shape index (κ3) is 3.54. The number of aromatic amines is 1. The highest BCUT2D eigenvalue weighted by atomic mass is 19.1. The first-order chi connectivity index (χ1) is 14.3. The van der Waals surface area contributed by atoms with Crippen LogP contribution in [0, 0.1) is 19.7 Å². The molecule has 0 bridgehead atoms. The lowest BCUT2D eigenvalue weighted by Gasteiger charge is -2.35. The molecule has 3 heterocycles. The SMILES string of the molecule is Cc1[nH]c(/C=C2\C(=O)Nc3ccc(F)cc32)c(C)c1C(=O)N1CCC(N(C)C)CC1. The number of likely N-dealkylation sites (tertiary alicyclic amines) is 1. The molecule has 0 radical (unpaired) electrons. The minimum atomic E-state index is -0.396. The first-order valence-corrected chi connectivity index (χ1v) is 10.2. The Morgan fingerprint density at radius 3 is 2.60 bits per heavy atom. The van der Waals surface area contributed by atoms with Crippen molar-refractivity contribution < 1.29 is 14.0 Å². The molecule has 6 nitrogen and oxygen atoms in total. The summed E-state index contributed by atoms with van der Waals surface area (Å²) in [6.07, 6.45) is 3.62. The summed E-state index contributed by atoms with van der Waals surface area (Å²) in [5.74, 6) is -0.654. The van der Waals surface area contributed by atoms with Gasteiger partial charge in [-0.15, -0.1) is 0 Å². The number of piperidine rings is 1. The van der Waals surface area contributed by atoms with Crippen molar-refractivity contribution in [3.63, 3.8) is 0 Å². The molecule has 2 N–H and O–H groups in total. The van der Waals surface area contributed by atoms with E-state index in [1.54, 1.807) is 12.1 Å². The number of H-pyrrole nitrogens is 1. The molecule has 1 aromatic carbocycles. The molecule has 0 saturated carbocycles. The fourth-order valence-corrected chi connectivity index (χ4v) is 4.43. The van der Waals surface area contributed by atoms with Gasteiger partial charge in [0.15, 0.2) is 0 Å². The summed E-state index contributed by atoms with van der Waals surface area (Å²) in [5.41, 5.74) is 4.44. The van der Waals surface area contributed by atoms with Crippen molar-refractivity contribution in [2.45, 2.75) is 32.7 Å². The number of hydrogen-bond donors (Lipinski definition) is 2. The topological polar surface area (TPSA) is 68.4 Å². The maximum absolute atomic E-state index is 13.7. The Balaban J connectivity index is 1.62. The number of fused-ring (bicyclic) bond motifs is 1. The Morgan fingerprint density at radius 2 is 1.93 bits per heavy atom. The zero-order chi connectivity index (χ0) is 21.6. The molecule has 0 spiro atoms. The normalized spacial score (nSPS) is 18.3. The Hall–Kier alpha value is -2.93. The predicted molar refractivity (Wildman–Crippen MR) is 116 cm³/mol. The van der Waals surface area contributed by atoms with Crippen molar-refractivity contribution >= 4 is 29.2 Å². The minimum absolute atomic E-state index is 0.0189. The number of nitrogens with one attached hydrogen (secondary N) is 2. The van der Waals surface area contributed by atoms with E-state index < -0.39 is 5.82 Å². The zero-order valence-electron chi connectivity index (χ0n) is 17.8. The lowest BCUT2D eigenvalue weighted by molar-refractivity contribution is -0.110. The first kappa shape index (κ1) is 20.3. The van der Waals surface area contributed by atoms with Crippen molar-refractivity contribution in [1.82, 2.24) is 14.8 Å². The summed E-state index contributed by atoms with van der Waals surface area (Å²) in [6, 6.07) is 4.74. The van der Waals surface area contributed by atoms with Crippen molar-refractivity contribution in [2.24, 2.45) is 0 Å². The minimum Gasteiger partial charge on any atom is -0.358 e. The third-order valence-electron chi connectivity index (χ3n) is 6.23. The standard InChI is InChI=1S/C23H27FN4O2/c1-13-20(12-18-17-11-15(24)5-6-19(17)26-22(18)29)25-14(2)21(13)23(30)28-9-7-16(8-10-28)27(3)4/h5-6,11-12,16,25H,7-10H2,1-4H3,(H,26,29)/b18-12-. The molecular weight excluding hydrogens is 383 g/mol. The Labute approximate surface area is 175 Å². The maximum Gasteiger partial charge on any atom is 0.256 e. The molecule has 0 unspecified atom stereocenters. The van der Waals surface area contributed by atoms with Crippen LogP contribution in [-0.4, -0.2) is 59.8 Å². The van der Waals surface area contributed by atoms with Gasteiger partial charge in [-0.25, -0.2) is 4.39 Å². The van der Waals surface area contributed by atoms with Crippen molar-refractivity contribution in [3.8, 4) is 0 Å². The number of aromatic nitrogens is 1. The van der Waals surface area contributed by atoms with E-state index in [1.807, 2.05) is 18.7 Å². The van der Waals surface area contributed by atoms with Gasteiger partial charge < -0.3 is 20.1 Å². The van der Waals surface area contributed by atoms with Gasteiger partial charge in [-0.1, -0.05) is 0 Å². The predicted octanol–water partition coefficient (Wildman–Crippen LogP) is 3.43. The fraction of sp³-hybridized carbons (Fsp3) is 0.391. The van der Waals surface area contributed by atoms with Crippen molar-refractivity contribution in [1.29, 1.82) is 0 Å². The molecule has 1 fully saturated rings. The largest absolute Gasteiger partial charge is 0.358 e. The second kappa shape index (κ2) is 7.72. The van der Waals surface area contributed by atoms with Crippen LogP contribution in [0.1, 0.15) is 45.7 Å². The lowest BCUT2D eigenvalue weighted by Crippen LogP contribution is -2.44. The fourth-order valence-electron chi connectivity index (χ4n) is 4.43. The molecule has 2 aliphatic heterocycles. The monoisotopic (exact) mass is 410 g/mol. The van der Waals surface area contributed by atoms with E-state index in [-0.39, 0.29) is 11.8 Å². The van der Waals surface area contributed by atoms with Crippen LogP contribution in [-0.2, 0) is 4.79 Å². The van der Waals surface area contributed by atoms with Crippen molar-refractivity contribution in [2.75, 3.05) is 32.5 Å². The Morgan fingerprint density at radius 1 is 1.23 bits per heavy atom. The highest BCUT2D eigenvalue weighted by Crippen LogP contribution is 2.34. The maximum atomic E-state index is 13.7. The van der Waals surface area contributed by atoms with E-state index in [0.29, 0.717) is 34.1 Å². The molecule has 2 amide bonds. The molecule has 1 aromatic heterocycles. The number of anilines is 1. The van der Waals surface area contributed by atoms with E-state index >= 15 is 0 Å². The highest BCUT2D eigenvalue weighted by molar-refractivity contribution is 6.34. The van der Waals surface area contributed by atoms with Crippen LogP contribution < -0.4 is 5.32 Å². The van der Waals surface area contributed by atoms with Gasteiger partial charge in [0.2, 0.25) is 0 Å². The van der Waals surface area contributed by atoms with Gasteiger partial charge in [0.25, 0.3) is 11.8 Å². The Kier molecular flexibility index (Phi) is 5.24. The van der Waals surface area contributed by atoms with Gasteiger partial charge in [-0.05, 0) is 70.6 Å². The van der Waals surface area contributed by atoms with Crippen LogP contribution in [0.2, 0.25) is 0 Å². The van der Waals surface area contributed by atoms with Crippen LogP contribution in [0.15, 0.2) is 18.2 Å². The lowest BCUT2D eigenvalue weighted by atomic mass is 10.0. The van der Waals surface area contributed by atoms with Gasteiger partial charge >= 0.3 is 0 Å². The number of nitrogens with zero attached hydrogens (tertiary/aromatic N) is 2. The summed E-state index contributed by atoms with van der Waals surface area (Å²) in [4.78, 5) is 33.0. The van der Waals surface area contributed by atoms with Gasteiger partial charge in [0.1, 0.15) is 5.82 Å². The number of rotatable bonds is 3. The van der Waals surface area contributed by atoms with Crippen LogP contribution >= 0.6 is 0 Å². The summed E-state index contributed by atoms with van der Waals surface area (Å²) >= 11 is 0. The van der Waals surface area contributed by atoms with Gasteiger partial charge in [0, 0.05) is 41.8 Å². The summed E-state index contributed by atoms with van der Waals surface area (Å²) in [5, 5.41) is 2.76. The highest BCUT2D eigenvalue weighted by Gasteiger charge is 2.29. The first-order valence-electron chi connectivity index (χ1n) is 10.2. The number of benzene rings is 1. The number of aryl methyl sites for hydroxylation is 1. The van der Waals surface area contributed by atoms with Crippen LogP contribution in [0.5, 0.6) is 0 Å². The molecule has 1 saturated heterocycles. The number of carbonyl (C=O) groups is 2. The quantitative estimate of drug-likeness (QED) is 0.762. The average Bonchev–Trinajstić information content (AvgIpc) is 3.17. The summed E-state index contributed by atoms with van der Waals surface area (Å²) in [6.45, 7) is 5.22. The molecular formula is C23H27FN4O2. The Bertz CT molecular complexity index is 1050. The molecule has 2 aliphatic rings. The second-order valence-corrected chi connectivity index (χ2v) is 8.35. The molecule has 0 aliphatic carbocycles. The van der Waals surface area contributed by atoms with Gasteiger partial charge in [-0.3, -0.25) is 9.59 Å². The summed E-state index contributed by atoms with van der Waals surface area (Å²) < 4.78 is 13.7. The second-order valence-electron chi connectivity index (χ2n) is 8.35. The van der Waals surface area contributed by atoms with E-state index in [9.17, 15) is 14.0 Å². The molecule has 7 heteroatoms. The molecule has 2 aromatic rings. The number of halogens is 1. The molecule has 4 rings (SSSR count). The molecule has 30 heavy (non-hydrogen) atoms. The van der Waals surface area contributed by atoms with Gasteiger partial charge in [0.05, 0.1) is 11.1 Å². The number of amides is 2. The molecule has 0 atom stereocenters. The average molecular weight is 410 g/mol. The van der Waals surface area contributed by atoms with E-state index in [1.165, 1.54) is 12.1 Å². The zero-order valence-corrected chi connectivity index (χ0v) is 17.8. The van der Waals surface area contributed by atoms with E-state index in [2.05, 4.69) is 29.3 Å². The number of hydrogen-bond acceptors (Lipinski definition) is 3. The van der Waals surface area contributed by atoms with Crippen LogP contribution in [0.4, 0.5) is 10.1 Å². The van der Waals surface area contributed by atoms with Crippen LogP contribution in [0.3, 0.4) is 0 Å². The summed E-state index contributed by atoms with van der Waals surface area (Å²) in [7, 11) is 4.15.